The molecule has 0 bridgehead atoms. The van der Waals surface area contributed by atoms with Crippen molar-refractivity contribution >= 4 is 28.5 Å². The van der Waals surface area contributed by atoms with Crippen LogP contribution in [0.25, 0.3) is 22.0 Å². The number of nitriles is 1. The third-order valence-electron chi connectivity index (χ3n) is 9.49. The van der Waals surface area contributed by atoms with Gasteiger partial charge in [-0.1, -0.05) is 66.2 Å². The fourth-order valence-corrected chi connectivity index (χ4v) is 6.90. The Labute approximate surface area is 312 Å². The summed E-state index contributed by atoms with van der Waals surface area (Å²) in [5.74, 6) is 1.41. The Balaban J connectivity index is 1.13. The van der Waals surface area contributed by atoms with Gasteiger partial charge in [-0.15, -0.1) is 0 Å². The SMILES string of the molecule is Cc1c(COc2cc(OCc3cccc(C#N)c3)c(CNC(Cc3cn(C)c4ccccc34)C(=O)O)cc2Cl)cccc1-c1ccc2c(c1)OCCO2. The molecule has 0 radical (unpaired) electrons. The highest BCUT2D eigenvalue weighted by Gasteiger charge is 2.22. The standard InChI is InChI=1S/C43H38ClN3O6/c1-27-31(9-6-11-34(27)30-13-14-39-42(20-30)51-16-15-50-39)26-53-41-21-40(52-25-29-8-5-7-28(17-29)22-45)32(18-36(41)44)23-46-37(43(48)49)19-33-24-47(2)38-12-4-3-10-35(33)38/h3-14,17-18,20-21,24,37,46H,15-16,19,23,25-26H2,1-2H3,(H,48,49). The van der Waals surface area contributed by atoms with Crippen molar-refractivity contribution in [3.8, 4) is 40.2 Å². The van der Waals surface area contributed by atoms with Crippen LogP contribution in [0.4, 0.5) is 0 Å². The first-order valence-electron chi connectivity index (χ1n) is 17.3. The van der Waals surface area contributed by atoms with Crippen LogP contribution in [0.2, 0.25) is 5.02 Å². The summed E-state index contributed by atoms with van der Waals surface area (Å²) in [6.45, 7) is 3.71. The van der Waals surface area contributed by atoms with Gasteiger partial charge in [-0.25, -0.2) is 0 Å². The number of carbonyl (C=O) groups is 1. The molecule has 268 valence electrons. The fraction of sp³-hybridized carbons (Fsp3) is 0.209. The zero-order chi connectivity index (χ0) is 36.9. The lowest BCUT2D eigenvalue weighted by atomic mass is 9.96. The van der Waals surface area contributed by atoms with Gasteiger partial charge < -0.3 is 28.6 Å². The Hall–Kier alpha value is -5.95. The summed E-state index contributed by atoms with van der Waals surface area (Å²) in [5.41, 5.74) is 8.08. The van der Waals surface area contributed by atoms with E-state index in [1.165, 1.54) is 0 Å². The Morgan fingerprint density at radius 3 is 2.53 bits per heavy atom. The second-order valence-electron chi connectivity index (χ2n) is 13.0. The average Bonchev–Trinajstić information content (AvgIpc) is 3.50. The van der Waals surface area contributed by atoms with Crippen LogP contribution in [0.15, 0.2) is 103 Å². The number of hydrogen-bond donors (Lipinski definition) is 2. The number of aliphatic carboxylic acids is 1. The van der Waals surface area contributed by atoms with Gasteiger partial charge in [-0.05, 0) is 76.7 Å². The number of nitrogens with one attached hydrogen (secondary N) is 1. The van der Waals surface area contributed by atoms with Crippen LogP contribution in [0, 0.1) is 18.3 Å². The van der Waals surface area contributed by atoms with Crippen molar-refractivity contribution < 1.29 is 28.8 Å². The van der Waals surface area contributed by atoms with E-state index in [2.05, 4.69) is 24.4 Å². The maximum Gasteiger partial charge on any atom is 0.321 e. The number of rotatable bonds is 13. The molecule has 5 aromatic carbocycles. The van der Waals surface area contributed by atoms with Crippen LogP contribution in [-0.2, 0) is 38.0 Å². The van der Waals surface area contributed by atoms with Crippen LogP contribution in [0.3, 0.4) is 0 Å². The van der Waals surface area contributed by atoms with Crippen molar-refractivity contribution in [1.82, 2.24) is 9.88 Å². The Morgan fingerprint density at radius 1 is 0.906 bits per heavy atom. The van der Waals surface area contributed by atoms with Crippen molar-refractivity contribution in [3.63, 3.8) is 0 Å². The van der Waals surface area contributed by atoms with Gasteiger partial charge in [0.05, 0.1) is 16.7 Å². The van der Waals surface area contributed by atoms with Crippen LogP contribution in [0.1, 0.15) is 33.4 Å². The van der Waals surface area contributed by atoms with Crippen LogP contribution in [0.5, 0.6) is 23.0 Å². The van der Waals surface area contributed by atoms with E-state index in [-0.39, 0.29) is 26.2 Å². The second-order valence-corrected chi connectivity index (χ2v) is 13.4. The monoisotopic (exact) mass is 727 g/mol. The van der Waals surface area contributed by atoms with Crippen molar-refractivity contribution in [2.24, 2.45) is 7.05 Å². The zero-order valence-electron chi connectivity index (χ0n) is 29.4. The quantitative estimate of drug-likeness (QED) is 0.122. The number of halogens is 1. The van der Waals surface area contributed by atoms with E-state index in [0.717, 1.165) is 55.8 Å². The summed E-state index contributed by atoms with van der Waals surface area (Å²) in [6, 6.07) is 32.0. The van der Waals surface area contributed by atoms with Gasteiger partial charge in [-0.3, -0.25) is 10.1 Å². The third-order valence-corrected chi connectivity index (χ3v) is 9.78. The number of carboxylic acid groups (broad SMARTS) is 1. The molecule has 10 heteroatoms. The summed E-state index contributed by atoms with van der Waals surface area (Å²) in [4.78, 5) is 12.5. The van der Waals surface area contributed by atoms with Crippen LogP contribution in [-0.4, -0.2) is 34.9 Å². The Kier molecular flexibility index (Phi) is 10.5. The lowest BCUT2D eigenvalue weighted by molar-refractivity contribution is -0.139. The molecule has 0 saturated carbocycles. The van der Waals surface area contributed by atoms with Gasteiger partial charge in [0.15, 0.2) is 11.5 Å². The largest absolute Gasteiger partial charge is 0.488 e. The predicted octanol–water partition coefficient (Wildman–Crippen LogP) is 8.39. The first-order valence-corrected chi connectivity index (χ1v) is 17.7. The number of aromatic nitrogens is 1. The van der Waals surface area contributed by atoms with Crippen LogP contribution < -0.4 is 24.3 Å². The molecule has 9 nitrogen and oxygen atoms in total. The number of aryl methyl sites for hydroxylation is 1. The molecule has 1 aliphatic rings. The maximum absolute atomic E-state index is 12.5. The van der Waals surface area contributed by atoms with E-state index in [1.807, 2.05) is 84.5 Å². The summed E-state index contributed by atoms with van der Waals surface area (Å²) >= 11 is 6.85. The third kappa shape index (κ3) is 7.95. The van der Waals surface area contributed by atoms with Gasteiger partial charge in [0.25, 0.3) is 0 Å². The minimum absolute atomic E-state index is 0.173. The van der Waals surface area contributed by atoms with E-state index in [4.69, 9.17) is 30.5 Å². The number of fused-ring (bicyclic) bond motifs is 2. The zero-order valence-corrected chi connectivity index (χ0v) is 30.2. The van der Waals surface area contributed by atoms with Crippen molar-refractivity contribution in [1.29, 1.82) is 5.26 Å². The maximum atomic E-state index is 12.5. The van der Waals surface area contributed by atoms with Gasteiger partial charge in [0, 0.05) is 48.7 Å². The minimum Gasteiger partial charge on any atom is -0.488 e. The second kappa shape index (κ2) is 15.7. The highest BCUT2D eigenvalue weighted by atomic mass is 35.5. The summed E-state index contributed by atoms with van der Waals surface area (Å²) in [5, 5.41) is 24.2. The van der Waals surface area contributed by atoms with Crippen molar-refractivity contribution in [2.45, 2.75) is 39.1 Å². The van der Waals surface area contributed by atoms with Gasteiger partial charge >= 0.3 is 5.97 Å². The van der Waals surface area contributed by atoms with E-state index in [1.54, 1.807) is 24.3 Å². The molecular weight excluding hydrogens is 690 g/mol. The summed E-state index contributed by atoms with van der Waals surface area (Å²) in [7, 11) is 1.95. The van der Waals surface area contributed by atoms with E-state index in [9.17, 15) is 15.2 Å². The Bertz CT molecular complexity index is 2350. The van der Waals surface area contributed by atoms with Gasteiger partial charge in [0.1, 0.15) is 44.0 Å². The molecule has 2 N–H and O–H groups in total. The Morgan fingerprint density at radius 2 is 1.70 bits per heavy atom. The lowest BCUT2D eigenvalue weighted by Gasteiger charge is -2.20. The molecule has 0 fully saturated rings. The summed E-state index contributed by atoms with van der Waals surface area (Å²) in [6.07, 6.45) is 2.26. The number of nitrogens with zero attached hydrogens (tertiary/aromatic N) is 2. The highest BCUT2D eigenvalue weighted by Crippen LogP contribution is 2.38. The van der Waals surface area contributed by atoms with E-state index in [0.29, 0.717) is 40.9 Å². The first kappa shape index (κ1) is 35.5. The number of benzene rings is 5. The molecule has 1 aliphatic heterocycles. The summed E-state index contributed by atoms with van der Waals surface area (Å²) < 4.78 is 26.2. The molecule has 53 heavy (non-hydrogen) atoms. The molecule has 2 heterocycles. The predicted molar refractivity (Wildman–Crippen MR) is 204 cm³/mol. The first-order chi connectivity index (χ1) is 25.8. The van der Waals surface area contributed by atoms with Gasteiger partial charge in [0.2, 0.25) is 0 Å². The lowest BCUT2D eigenvalue weighted by Crippen LogP contribution is -2.38. The van der Waals surface area contributed by atoms with E-state index >= 15 is 0 Å². The normalized spacial score (nSPS) is 12.6. The smallest absolute Gasteiger partial charge is 0.321 e. The molecule has 1 atom stereocenters. The minimum atomic E-state index is -0.964. The molecule has 1 aromatic heterocycles. The van der Waals surface area contributed by atoms with Crippen molar-refractivity contribution in [2.75, 3.05) is 13.2 Å². The molecule has 1 unspecified atom stereocenters. The molecule has 7 rings (SSSR count). The average molecular weight is 728 g/mol. The molecule has 0 amide bonds. The molecule has 0 aliphatic carbocycles. The fourth-order valence-electron chi connectivity index (χ4n) is 6.66. The number of hydrogen-bond acceptors (Lipinski definition) is 7. The highest BCUT2D eigenvalue weighted by molar-refractivity contribution is 6.32. The molecule has 0 saturated heterocycles. The van der Waals surface area contributed by atoms with Gasteiger partial charge in [-0.2, -0.15) is 5.26 Å². The number of ether oxygens (including phenoxy) is 4. The van der Waals surface area contributed by atoms with Crippen molar-refractivity contribution in [3.05, 3.63) is 142 Å². The molecular formula is C43H38ClN3O6. The molecule has 6 aromatic rings. The number of para-hydroxylation sites is 1. The number of carboxylic acids is 1. The topological polar surface area (TPSA) is 115 Å². The van der Waals surface area contributed by atoms with Crippen LogP contribution >= 0.6 is 11.6 Å². The van der Waals surface area contributed by atoms with E-state index < -0.39 is 12.0 Å². The molecule has 0 spiro atoms.